The molecule has 0 unspecified atom stereocenters. The number of hydrogen-bond donors (Lipinski definition) is 1. The average Bonchev–Trinajstić information content (AvgIpc) is 2.81. The zero-order chi connectivity index (χ0) is 16.2. The van der Waals surface area contributed by atoms with Crippen LogP contribution in [-0.2, 0) is 26.1 Å². The molecule has 1 N–H and O–H groups in total. The van der Waals surface area contributed by atoms with Gasteiger partial charge in [0.1, 0.15) is 6.54 Å². The lowest BCUT2D eigenvalue weighted by atomic mass is 10.2. The van der Waals surface area contributed by atoms with Gasteiger partial charge >= 0.3 is 5.97 Å². The maximum absolute atomic E-state index is 11.8. The van der Waals surface area contributed by atoms with Crippen molar-refractivity contribution >= 4 is 32.6 Å². The lowest BCUT2D eigenvalue weighted by Crippen LogP contribution is -2.16. The van der Waals surface area contributed by atoms with Crippen LogP contribution in [0, 0.1) is 0 Å². The average molecular weight is 324 g/mol. The van der Waals surface area contributed by atoms with E-state index in [-0.39, 0.29) is 18.3 Å². The summed E-state index contributed by atoms with van der Waals surface area (Å²) in [5, 5.41) is 0.862. The van der Waals surface area contributed by atoms with Crippen molar-refractivity contribution in [1.82, 2.24) is 4.57 Å². The summed E-state index contributed by atoms with van der Waals surface area (Å²) in [6.45, 7) is 4.07. The fourth-order valence-corrected chi connectivity index (χ4v) is 3.37. The summed E-state index contributed by atoms with van der Waals surface area (Å²) < 4.78 is 32.8. The third-order valence-corrected chi connectivity index (χ3v) is 4.61. The van der Waals surface area contributed by atoms with E-state index in [1.165, 1.54) is 0 Å². The fraction of sp³-hybridized carbons (Fsp3) is 0.400. The van der Waals surface area contributed by atoms with Gasteiger partial charge < -0.3 is 9.30 Å². The number of anilines is 1. The van der Waals surface area contributed by atoms with Gasteiger partial charge in [-0.3, -0.25) is 9.52 Å². The highest BCUT2D eigenvalue weighted by atomic mass is 32.2. The first-order valence-corrected chi connectivity index (χ1v) is 8.85. The van der Waals surface area contributed by atoms with Gasteiger partial charge in [0, 0.05) is 22.8 Å². The number of aromatic nitrogens is 1. The molecule has 0 aliphatic rings. The van der Waals surface area contributed by atoms with Crippen molar-refractivity contribution in [3.63, 3.8) is 0 Å². The van der Waals surface area contributed by atoms with Crippen molar-refractivity contribution in [3.05, 3.63) is 30.5 Å². The Morgan fingerprint density at radius 1 is 1.27 bits per heavy atom. The Labute approximate surface area is 130 Å². The second-order valence-corrected chi connectivity index (χ2v) is 6.79. The Balaban J connectivity index is 2.21. The van der Waals surface area contributed by atoms with E-state index in [0.717, 1.165) is 10.9 Å². The Kier molecular flexibility index (Phi) is 5.07. The summed E-state index contributed by atoms with van der Waals surface area (Å²) in [5.41, 5.74) is 1.38. The lowest BCUT2D eigenvalue weighted by molar-refractivity contribution is -0.143. The third-order valence-electron chi connectivity index (χ3n) is 3.12. The smallest absolute Gasteiger partial charge is 0.325 e. The number of rotatable bonds is 7. The van der Waals surface area contributed by atoms with Crippen molar-refractivity contribution < 1.29 is 17.9 Å². The highest BCUT2D eigenvalue weighted by Crippen LogP contribution is 2.21. The second kappa shape index (κ2) is 6.83. The van der Waals surface area contributed by atoms with E-state index in [4.69, 9.17) is 4.74 Å². The molecule has 1 aromatic carbocycles. The molecule has 120 valence electrons. The molecule has 0 amide bonds. The zero-order valence-electron chi connectivity index (χ0n) is 12.7. The van der Waals surface area contributed by atoms with Crippen LogP contribution in [-0.4, -0.2) is 31.3 Å². The van der Waals surface area contributed by atoms with Crippen LogP contribution < -0.4 is 4.72 Å². The van der Waals surface area contributed by atoms with Crippen molar-refractivity contribution in [2.45, 2.75) is 26.8 Å². The maximum Gasteiger partial charge on any atom is 0.325 e. The molecule has 1 aromatic heterocycles. The van der Waals surface area contributed by atoms with E-state index in [9.17, 15) is 13.2 Å². The van der Waals surface area contributed by atoms with Gasteiger partial charge in [0.2, 0.25) is 10.0 Å². The van der Waals surface area contributed by atoms with Crippen LogP contribution in [0.1, 0.15) is 20.3 Å². The first-order valence-electron chi connectivity index (χ1n) is 7.20. The number of ether oxygens (including phenoxy) is 1. The van der Waals surface area contributed by atoms with Gasteiger partial charge in [-0.1, -0.05) is 6.92 Å². The van der Waals surface area contributed by atoms with E-state index in [1.807, 2.05) is 13.0 Å². The van der Waals surface area contributed by atoms with Crippen LogP contribution in [0.25, 0.3) is 10.9 Å². The van der Waals surface area contributed by atoms with Crippen molar-refractivity contribution in [2.24, 2.45) is 0 Å². The molecule has 0 saturated carbocycles. The maximum atomic E-state index is 11.8. The van der Waals surface area contributed by atoms with Crippen molar-refractivity contribution in [1.29, 1.82) is 0 Å². The summed E-state index contributed by atoms with van der Waals surface area (Å²) in [6, 6.07) is 7.08. The van der Waals surface area contributed by atoms with Crippen LogP contribution in [0.2, 0.25) is 0 Å². The monoisotopic (exact) mass is 324 g/mol. The molecule has 0 atom stereocenters. The summed E-state index contributed by atoms with van der Waals surface area (Å²) in [6.07, 6.45) is 2.35. The summed E-state index contributed by atoms with van der Waals surface area (Å²) in [5.74, 6) is -0.206. The lowest BCUT2D eigenvalue weighted by Gasteiger charge is -2.08. The van der Waals surface area contributed by atoms with E-state index in [0.29, 0.717) is 18.7 Å². The van der Waals surface area contributed by atoms with Crippen LogP contribution >= 0.6 is 0 Å². The Hall–Kier alpha value is -2.02. The topological polar surface area (TPSA) is 77.4 Å². The van der Waals surface area contributed by atoms with Crippen LogP contribution in [0.5, 0.6) is 0 Å². The first kappa shape index (κ1) is 16.4. The molecule has 6 nitrogen and oxygen atoms in total. The number of sulfonamides is 1. The van der Waals surface area contributed by atoms with E-state index in [1.54, 1.807) is 35.9 Å². The highest BCUT2D eigenvalue weighted by molar-refractivity contribution is 7.92. The second-order valence-electron chi connectivity index (χ2n) is 4.94. The van der Waals surface area contributed by atoms with E-state index in [2.05, 4.69) is 4.72 Å². The van der Waals surface area contributed by atoms with Gasteiger partial charge in [0.05, 0.1) is 12.4 Å². The number of nitrogens with one attached hydrogen (secondary N) is 1. The molecule has 22 heavy (non-hydrogen) atoms. The zero-order valence-corrected chi connectivity index (χ0v) is 13.5. The Morgan fingerprint density at radius 3 is 2.73 bits per heavy atom. The van der Waals surface area contributed by atoms with Gasteiger partial charge in [-0.05, 0) is 37.6 Å². The molecule has 0 spiro atoms. The molecule has 2 aromatic rings. The van der Waals surface area contributed by atoms with Gasteiger partial charge in [-0.15, -0.1) is 0 Å². The molecule has 2 rings (SSSR count). The van der Waals surface area contributed by atoms with Gasteiger partial charge in [-0.25, -0.2) is 8.42 Å². The number of benzene rings is 1. The number of carbonyl (C=O) groups excluding carboxylic acids is 1. The van der Waals surface area contributed by atoms with Gasteiger partial charge in [-0.2, -0.15) is 0 Å². The van der Waals surface area contributed by atoms with Crippen LogP contribution in [0.15, 0.2) is 30.5 Å². The minimum absolute atomic E-state index is 0.0922. The molecule has 0 fully saturated rings. The van der Waals surface area contributed by atoms with E-state index >= 15 is 0 Å². The first-order chi connectivity index (χ1) is 10.4. The number of esters is 1. The third kappa shape index (κ3) is 4.00. The number of nitrogens with zero attached hydrogens (tertiary/aromatic N) is 1. The predicted octanol–water partition coefficient (Wildman–Crippen LogP) is 2.36. The fourth-order valence-electron chi connectivity index (χ4n) is 2.25. The molecule has 0 radical (unpaired) electrons. The minimum atomic E-state index is -3.30. The Bertz CT molecular complexity index is 765. The summed E-state index contributed by atoms with van der Waals surface area (Å²) in [7, 11) is -3.30. The highest BCUT2D eigenvalue weighted by Gasteiger charge is 2.11. The molecular weight excluding hydrogens is 304 g/mol. The van der Waals surface area contributed by atoms with Crippen molar-refractivity contribution in [2.75, 3.05) is 17.1 Å². The summed E-state index contributed by atoms with van der Waals surface area (Å²) in [4.78, 5) is 11.5. The SMILES string of the molecule is CCCS(=O)(=O)Nc1ccc2c(ccn2CC(=O)OCC)c1. The molecule has 0 bridgehead atoms. The molecule has 0 saturated heterocycles. The molecule has 0 aliphatic heterocycles. The van der Waals surface area contributed by atoms with Gasteiger partial charge in [0.15, 0.2) is 0 Å². The minimum Gasteiger partial charge on any atom is -0.465 e. The van der Waals surface area contributed by atoms with Crippen LogP contribution in [0.4, 0.5) is 5.69 Å². The quantitative estimate of drug-likeness (QED) is 0.793. The molecule has 1 heterocycles. The van der Waals surface area contributed by atoms with Gasteiger partial charge in [0.25, 0.3) is 0 Å². The standard InChI is InChI=1S/C15H20N2O4S/c1-3-9-22(19,20)16-13-5-6-14-12(10-13)7-8-17(14)11-15(18)21-4-2/h5-8,10,16H,3-4,9,11H2,1-2H3. The number of carbonyl (C=O) groups is 1. The summed E-state index contributed by atoms with van der Waals surface area (Å²) >= 11 is 0. The Morgan fingerprint density at radius 2 is 2.05 bits per heavy atom. The number of hydrogen-bond acceptors (Lipinski definition) is 4. The molecular formula is C15H20N2O4S. The number of fused-ring (bicyclic) bond motifs is 1. The van der Waals surface area contributed by atoms with Crippen LogP contribution in [0.3, 0.4) is 0 Å². The molecule has 7 heteroatoms. The van der Waals surface area contributed by atoms with E-state index < -0.39 is 10.0 Å². The predicted molar refractivity (Wildman–Crippen MR) is 86.3 cm³/mol. The molecule has 0 aliphatic carbocycles. The largest absolute Gasteiger partial charge is 0.465 e. The normalized spacial score (nSPS) is 11.5. The van der Waals surface area contributed by atoms with Crippen molar-refractivity contribution in [3.8, 4) is 0 Å².